The zero-order chi connectivity index (χ0) is 62.6. The molecule has 0 aliphatic carbocycles. The standard InChI is InChI=1S/C59H74N14O8S6/c1-13-17-25-61-78-80-84-43-21-23-46-48(32-43)83-59(66-46)73-57(45(34-60)42(12)71-73)70-69-52-36(6)31-50(67-56(52)68-51-35(5)29-38(8)54(40(51)10)85-81-79-62-26-18-14-2)72(53-37(7)30-39(9)55(41(53)11)87(76,77)64-28-20-16-4)58-65-47-24-22-44(33-49(47)82-58)86(74,75)63-27-19-15-3/h21-24,29-33,61-64H,13-20,25-28H2,1-12H3,(H,67,68). The number of fused-ring (bicyclic) bond motifs is 2. The quantitative estimate of drug-likeness (QED) is 0.00861. The van der Waals surface area contributed by atoms with Crippen LogP contribution in [0, 0.1) is 66.7 Å². The van der Waals surface area contributed by atoms with Gasteiger partial charge in [-0.15, -0.1) is 28.9 Å². The zero-order valence-electron chi connectivity index (χ0n) is 50.9. The Bertz CT molecular complexity index is 4070. The summed E-state index contributed by atoms with van der Waals surface area (Å²) in [6, 6.07) is 18.4. The molecular formula is C59H74N14O8S6. The number of sulfonamides is 2. The van der Waals surface area contributed by atoms with E-state index in [1.54, 1.807) is 32.9 Å². The van der Waals surface area contributed by atoms with Gasteiger partial charge in [-0.25, -0.2) is 41.2 Å². The van der Waals surface area contributed by atoms with Crippen molar-refractivity contribution in [3.63, 3.8) is 0 Å². The molecule has 464 valence electrons. The molecule has 0 aliphatic rings. The van der Waals surface area contributed by atoms with Crippen molar-refractivity contribution in [3.8, 4) is 11.2 Å². The smallest absolute Gasteiger partial charge is 0.241 e. The van der Waals surface area contributed by atoms with Crippen molar-refractivity contribution in [2.45, 2.75) is 154 Å². The number of anilines is 5. The second kappa shape index (κ2) is 30.5. The van der Waals surface area contributed by atoms with Crippen molar-refractivity contribution in [1.82, 2.24) is 45.1 Å². The first-order valence-corrected chi connectivity index (χ1v) is 34.8. The van der Waals surface area contributed by atoms with E-state index in [2.05, 4.69) is 45.6 Å². The van der Waals surface area contributed by atoms with Crippen LogP contribution in [0.5, 0.6) is 0 Å². The number of aromatic nitrogens is 5. The van der Waals surface area contributed by atoms with E-state index in [4.69, 9.17) is 48.9 Å². The third-order valence-electron chi connectivity index (χ3n) is 14.0. The number of nitriles is 1. The lowest BCUT2D eigenvalue weighted by Gasteiger charge is -2.28. The van der Waals surface area contributed by atoms with Crippen molar-refractivity contribution >= 4 is 127 Å². The lowest BCUT2D eigenvalue weighted by atomic mass is 10.0. The summed E-state index contributed by atoms with van der Waals surface area (Å²) in [4.78, 5) is 29.5. The maximum absolute atomic E-state index is 14.4. The van der Waals surface area contributed by atoms with E-state index >= 15 is 0 Å². The molecule has 0 amide bonds. The first-order valence-electron chi connectivity index (χ1n) is 28.7. The highest BCUT2D eigenvalue weighted by Gasteiger charge is 2.31. The molecule has 4 aromatic heterocycles. The topological polar surface area (TPSA) is 274 Å². The van der Waals surface area contributed by atoms with Crippen molar-refractivity contribution in [1.29, 1.82) is 5.26 Å². The average molecular weight is 1300 g/mol. The van der Waals surface area contributed by atoms with Crippen molar-refractivity contribution in [2.75, 3.05) is 36.4 Å². The van der Waals surface area contributed by atoms with Crippen molar-refractivity contribution in [2.24, 2.45) is 10.2 Å². The third kappa shape index (κ3) is 15.9. The van der Waals surface area contributed by atoms with Gasteiger partial charge in [-0.05, 0) is 162 Å². The number of nitrogens with one attached hydrogen (secondary N) is 5. The minimum atomic E-state index is -4.06. The number of aryl methyl sites for hydroxylation is 6. The van der Waals surface area contributed by atoms with Gasteiger partial charge >= 0.3 is 0 Å². The molecule has 0 atom stereocenters. The molecule has 8 rings (SSSR count). The van der Waals surface area contributed by atoms with E-state index < -0.39 is 20.0 Å². The lowest BCUT2D eigenvalue weighted by molar-refractivity contribution is -0.244. The highest BCUT2D eigenvalue weighted by Crippen LogP contribution is 2.47. The van der Waals surface area contributed by atoms with Gasteiger partial charge in [-0.2, -0.15) is 26.0 Å². The Morgan fingerprint density at radius 1 is 0.655 bits per heavy atom. The Morgan fingerprint density at radius 3 is 1.95 bits per heavy atom. The highest BCUT2D eigenvalue weighted by molar-refractivity contribution is 7.95. The van der Waals surface area contributed by atoms with Gasteiger partial charge in [0.05, 0.1) is 65.7 Å². The summed E-state index contributed by atoms with van der Waals surface area (Å²) < 4.78 is 75.5. The summed E-state index contributed by atoms with van der Waals surface area (Å²) in [5.41, 5.74) is 13.7. The van der Waals surface area contributed by atoms with Gasteiger partial charge in [-0.1, -0.05) is 88.2 Å². The summed E-state index contributed by atoms with van der Waals surface area (Å²) in [6.45, 7) is 24.9. The van der Waals surface area contributed by atoms with Crippen LogP contribution in [0.4, 0.5) is 39.6 Å². The molecule has 0 fully saturated rings. The number of hydroxylamine groups is 2. The predicted molar refractivity (Wildman–Crippen MR) is 347 cm³/mol. The van der Waals surface area contributed by atoms with Crippen LogP contribution in [0.25, 0.3) is 25.6 Å². The Kier molecular flexibility index (Phi) is 23.4. The minimum Gasteiger partial charge on any atom is -0.338 e. The van der Waals surface area contributed by atoms with Crippen LogP contribution in [0.15, 0.2) is 84.4 Å². The van der Waals surface area contributed by atoms with Crippen LogP contribution < -0.4 is 30.6 Å². The fourth-order valence-electron chi connectivity index (χ4n) is 9.63. The number of hydrogen-bond donors (Lipinski definition) is 5. The maximum atomic E-state index is 14.4. The second-order valence-electron chi connectivity index (χ2n) is 20.8. The number of unbranched alkanes of at least 4 members (excludes halogenated alkanes) is 4. The SMILES string of the molecule is CCCCNOOSc1ccc2nc(-n3nc(C)c(C#N)c3N=Nc3c(C)cc(N(c4nc5ccc(S(=O)(=O)NCCCC)cc5s4)c4c(C)cc(C)c(S(=O)(=O)NCCCC)c4C)nc3Nc3c(C)cc(C)c(SOONCCCC)c3C)sc2c1. The monoisotopic (exact) mass is 1300 g/mol. The largest absolute Gasteiger partial charge is 0.338 e. The van der Waals surface area contributed by atoms with Crippen LogP contribution in [-0.2, 0) is 38.7 Å². The molecule has 5 N–H and O–H groups in total. The van der Waals surface area contributed by atoms with E-state index in [-0.39, 0.29) is 45.8 Å². The van der Waals surface area contributed by atoms with Gasteiger partial charge < -0.3 is 5.32 Å². The lowest BCUT2D eigenvalue weighted by Crippen LogP contribution is -2.27. The number of rotatable bonds is 32. The Balaban J connectivity index is 1.32. The minimum absolute atomic E-state index is 0.0817. The van der Waals surface area contributed by atoms with Gasteiger partial charge in [0.2, 0.25) is 25.2 Å². The molecule has 0 saturated carbocycles. The van der Waals surface area contributed by atoms with E-state index in [1.807, 2.05) is 89.8 Å². The molecule has 22 nitrogen and oxygen atoms in total. The average Bonchev–Trinajstić information content (AvgIpc) is 3.01. The van der Waals surface area contributed by atoms with Crippen molar-refractivity contribution in [3.05, 3.63) is 105 Å². The molecule has 0 bridgehead atoms. The highest BCUT2D eigenvalue weighted by atomic mass is 32.2. The second-order valence-corrected chi connectivity index (χ2v) is 27.8. The van der Waals surface area contributed by atoms with Crippen LogP contribution in [0.1, 0.15) is 129 Å². The molecule has 0 aliphatic heterocycles. The number of azo groups is 1. The molecule has 0 saturated heterocycles. The fourth-order valence-corrected chi connectivity index (χ4v) is 15.4. The molecule has 0 radical (unpaired) electrons. The Labute approximate surface area is 526 Å². The number of hydrogen-bond acceptors (Lipinski definition) is 23. The maximum Gasteiger partial charge on any atom is 0.241 e. The molecule has 4 aromatic carbocycles. The van der Waals surface area contributed by atoms with Crippen LogP contribution in [-0.4, -0.2) is 67.7 Å². The summed E-state index contributed by atoms with van der Waals surface area (Å²) in [7, 11) is -7.93. The number of thiazole rings is 2. The van der Waals surface area contributed by atoms with Crippen LogP contribution >= 0.6 is 46.8 Å². The summed E-state index contributed by atoms with van der Waals surface area (Å²) in [5, 5.41) is 29.7. The number of nitrogens with zero attached hydrogens (tertiary/aromatic N) is 9. The molecule has 4 heterocycles. The number of pyridine rings is 1. The molecular weight excluding hydrogens is 1230 g/mol. The summed E-state index contributed by atoms with van der Waals surface area (Å²) >= 11 is 4.69. The Morgan fingerprint density at radius 2 is 1.28 bits per heavy atom. The Hall–Kier alpha value is -6.01. The third-order valence-corrected chi connectivity index (χ3v) is 20.7. The van der Waals surface area contributed by atoms with Gasteiger partial charge in [0.15, 0.2) is 16.8 Å². The summed E-state index contributed by atoms with van der Waals surface area (Å²) in [6.07, 6.45) is 6.77. The van der Waals surface area contributed by atoms with Gasteiger partial charge in [0.25, 0.3) is 0 Å². The predicted octanol–water partition coefficient (Wildman–Crippen LogP) is 15.1. The molecule has 0 spiro atoms. The zero-order valence-corrected chi connectivity index (χ0v) is 55.8. The molecule has 0 unspecified atom stereocenters. The van der Waals surface area contributed by atoms with E-state index in [1.165, 1.54) is 33.4 Å². The molecule has 28 heteroatoms. The first-order chi connectivity index (χ1) is 41.7. The van der Waals surface area contributed by atoms with Crippen LogP contribution in [0.3, 0.4) is 0 Å². The van der Waals surface area contributed by atoms with E-state index in [9.17, 15) is 22.1 Å². The van der Waals surface area contributed by atoms with Crippen LogP contribution in [0.2, 0.25) is 0 Å². The van der Waals surface area contributed by atoms with Gasteiger partial charge in [-0.3, -0.25) is 4.90 Å². The van der Waals surface area contributed by atoms with Gasteiger partial charge in [0.1, 0.15) is 23.1 Å². The number of benzene rings is 4. The molecule has 87 heavy (non-hydrogen) atoms. The van der Waals surface area contributed by atoms with E-state index in [0.29, 0.717) is 97.1 Å². The summed E-state index contributed by atoms with van der Waals surface area (Å²) in [5.74, 6) is 0.663. The van der Waals surface area contributed by atoms with Crippen molar-refractivity contribution < 1.29 is 35.5 Å². The van der Waals surface area contributed by atoms with Gasteiger partial charge in [0, 0.05) is 41.7 Å². The molecule has 8 aromatic rings. The normalized spacial score (nSPS) is 12.1. The van der Waals surface area contributed by atoms with E-state index in [0.717, 1.165) is 93.8 Å². The first kappa shape index (κ1) is 66.9. The fraction of sp³-hybridized carbons (Fsp3) is 0.407.